The van der Waals surface area contributed by atoms with Crippen LogP contribution in [0.25, 0.3) is 0 Å². The molecule has 0 saturated carbocycles. The SMILES string of the molecule is CCCCCCCCCCCCOCC(O)COC(CO)COCCCCCCCC. The van der Waals surface area contributed by atoms with Crippen LogP contribution in [0.4, 0.5) is 0 Å². The van der Waals surface area contributed by atoms with Gasteiger partial charge in [0.1, 0.15) is 12.2 Å². The summed E-state index contributed by atoms with van der Waals surface area (Å²) in [5.41, 5.74) is 0. The standard InChI is InChI=1S/C26H54O5/c1-3-5-7-9-11-12-13-14-16-17-19-29-22-25(28)23-31-26(21-27)24-30-20-18-15-10-8-6-4-2/h25-28H,3-24H2,1-2H3. The fourth-order valence-corrected chi connectivity index (χ4v) is 3.56. The Morgan fingerprint density at radius 1 is 0.548 bits per heavy atom. The minimum atomic E-state index is -0.657. The first-order chi connectivity index (χ1) is 15.2. The molecule has 5 nitrogen and oxygen atoms in total. The van der Waals surface area contributed by atoms with Crippen LogP contribution in [0.15, 0.2) is 0 Å². The lowest BCUT2D eigenvalue weighted by Gasteiger charge is -2.18. The maximum Gasteiger partial charge on any atom is 0.104 e. The molecule has 0 aliphatic rings. The molecule has 0 aliphatic heterocycles. The van der Waals surface area contributed by atoms with E-state index in [0.717, 1.165) is 12.8 Å². The van der Waals surface area contributed by atoms with Gasteiger partial charge in [-0.1, -0.05) is 104 Å². The first-order valence-corrected chi connectivity index (χ1v) is 13.3. The predicted molar refractivity (Wildman–Crippen MR) is 130 cm³/mol. The molecule has 5 heteroatoms. The Labute approximate surface area is 193 Å². The van der Waals surface area contributed by atoms with Crippen molar-refractivity contribution in [3.8, 4) is 0 Å². The summed E-state index contributed by atoms with van der Waals surface area (Å²) in [6.07, 6.45) is 19.4. The van der Waals surface area contributed by atoms with Crippen molar-refractivity contribution in [2.45, 2.75) is 129 Å². The van der Waals surface area contributed by atoms with Crippen molar-refractivity contribution in [3.63, 3.8) is 0 Å². The van der Waals surface area contributed by atoms with E-state index in [1.165, 1.54) is 89.9 Å². The van der Waals surface area contributed by atoms with Crippen LogP contribution < -0.4 is 0 Å². The van der Waals surface area contributed by atoms with E-state index in [0.29, 0.717) is 19.8 Å². The van der Waals surface area contributed by atoms with Gasteiger partial charge in [0, 0.05) is 13.2 Å². The van der Waals surface area contributed by atoms with Crippen molar-refractivity contribution in [1.29, 1.82) is 0 Å². The molecule has 188 valence electrons. The smallest absolute Gasteiger partial charge is 0.104 e. The molecule has 31 heavy (non-hydrogen) atoms. The van der Waals surface area contributed by atoms with Crippen LogP contribution in [0.1, 0.15) is 117 Å². The number of rotatable bonds is 26. The highest BCUT2D eigenvalue weighted by atomic mass is 16.5. The number of hydrogen-bond donors (Lipinski definition) is 2. The molecule has 0 spiro atoms. The lowest BCUT2D eigenvalue weighted by atomic mass is 10.1. The zero-order chi connectivity index (χ0) is 22.8. The van der Waals surface area contributed by atoms with Gasteiger partial charge in [-0.3, -0.25) is 0 Å². The molecule has 2 N–H and O–H groups in total. The molecule has 0 rings (SSSR count). The third-order valence-electron chi connectivity index (χ3n) is 5.63. The molecule has 2 atom stereocenters. The Balaban J connectivity index is 3.41. The molecule has 0 aromatic rings. The van der Waals surface area contributed by atoms with E-state index in [1.54, 1.807) is 0 Å². The molecule has 2 unspecified atom stereocenters. The maximum absolute atomic E-state index is 9.99. The van der Waals surface area contributed by atoms with E-state index in [2.05, 4.69) is 13.8 Å². The lowest BCUT2D eigenvalue weighted by molar-refractivity contribution is -0.0830. The molecule has 0 heterocycles. The van der Waals surface area contributed by atoms with Crippen LogP contribution in [0.2, 0.25) is 0 Å². The Morgan fingerprint density at radius 2 is 0.968 bits per heavy atom. The minimum Gasteiger partial charge on any atom is -0.394 e. The Bertz CT molecular complexity index is 327. The first-order valence-electron chi connectivity index (χ1n) is 13.3. The van der Waals surface area contributed by atoms with Gasteiger partial charge in [0.05, 0.1) is 26.4 Å². The van der Waals surface area contributed by atoms with E-state index < -0.39 is 6.10 Å². The predicted octanol–water partition coefficient (Wildman–Crippen LogP) is 6.04. The highest BCUT2D eigenvalue weighted by Gasteiger charge is 2.12. The zero-order valence-electron chi connectivity index (χ0n) is 20.8. The van der Waals surface area contributed by atoms with E-state index in [4.69, 9.17) is 14.2 Å². The maximum atomic E-state index is 9.99. The van der Waals surface area contributed by atoms with Crippen LogP contribution in [-0.4, -0.2) is 62.1 Å². The van der Waals surface area contributed by atoms with Gasteiger partial charge >= 0.3 is 0 Å². The molecular weight excluding hydrogens is 392 g/mol. The first kappa shape index (κ1) is 30.8. The van der Waals surface area contributed by atoms with Crippen molar-refractivity contribution in [3.05, 3.63) is 0 Å². The summed E-state index contributed by atoms with van der Waals surface area (Å²) >= 11 is 0. The van der Waals surface area contributed by atoms with Crippen molar-refractivity contribution < 1.29 is 24.4 Å². The minimum absolute atomic E-state index is 0.0946. The summed E-state index contributed by atoms with van der Waals surface area (Å²) in [5.74, 6) is 0. The van der Waals surface area contributed by atoms with Crippen LogP contribution in [0.5, 0.6) is 0 Å². The van der Waals surface area contributed by atoms with Gasteiger partial charge in [0.2, 0.25) is 0 Å². The molecule has 0 aliphatic carbocycles. The Hall–Kier alpha value is -0.200. The molecule has 0 aromatic carbocycles. The second-order valence-corrected chi connectivity index (χ2v) is 8.89. The molecule has 0 fully saturated rings. The molecule has 0 amide bonds. The summed E-state index contributed by atoms with van der Waals surface area (Å²) in [6, 6.07) is 0. The topological polar surface area (TPSA) is 68.2 Å². The number of aliphatic hydroxyl groups is 2. The van der Waals surface area contributed by atoms with Gasteiger partial charge in [0.25, 0.3) is 0 Å². The summed E-state index contributed by atoms with van der Waals surface area (Å²) in [6.45, 7) is 6.61. The zero-order valence-corrected chi connectivity index (χ0v) is 20.8. The molecular formula is C26H54O5. The lowest BCUT2D eigenvalue weighted by Crippen LogP contribution is -2.30. The quantitative estimate of drug-likeness (QED) is 0.159. The van der Waals surface area contributed by atoms with Crippen LogP contribution in [0, 0.1) is 0 Å². The van der Waals surface area contributed by atoms with Gasteiger partial charge in [0.15, 0.2) is 0 Å². The second kappa shape index (κ2) is 26.1. The molecule has 0 aromatic heterocycles. The Morgan fingerprint density at radius 3 is 1.42 bits per heavy atom. The molecule has 0 radical (unpaired) electrons. The fraction of sp³-hybridized carbons (Fsp3) is 1.00. The van der Waals surface area contributed by atoms with E-state index >= 15 is 0 Å². The highest BCUT2D eigenvalue weighted by molar-refractivity contribution is 4.59. The second-order valence-electron chi connectivity index (χ2n) is 8.89. The highest BCUT2D eigenvalue weighted by Crippen LogP contribution is 2.10. The fourth-order valence-electron chi connectivity index (χ4n) is 3.56. The van der Waals surface area contributed by atoms with Gasteiger partial charge in [-0.25, -0.2) is 0 Å². The number of unbranched alkanes of at least 4 members (excludes halogenated alkanes) is 14. The molecule has 0 saturated heterocycles. The van der Waals surface area contributed by atoms with Crippen LogP contribution in [0.3, 0.4) is 0 Å². The summed E-state index contributed by atoms with van der Waals surface area (Å²) < 4.78 is 16.7. The molecule has 0 bridgehead atoms. The van der Waals surface area contributed by atoms with Gasteiger partial charge in [-0.15, -0.1) is 0 Å². The van der Waals surface area contributed by atoms with Crippen LogP contribution >= 0.6 is 0 Å². The van der Waals surface area contributed by atoms with Gasteiger partial charge < -0.3 is 24.4 Å². The average Bonchev–Trinajstić information content (AvgIpc) is 2.78. The third kappa shape index (κ3) is 24.3. The largest absolute Gasteiger partial charge is 0.394 e. The third-order valence-corrected chi connectivity index (χ3v) is 5.63. The monoisotopic (exact) mass is 446 g/mol. The van der Waals surface area contributed by atoms with Crippen molar-refractivity contribution in [2.75, 3.05) is 39.6 Å². The normalized spacial score (nSPS) is 13.5. The van der Waals surface area contributed by atoms with Crippen molar-refractivity contribution in [1.82, 2.24) is 0 Å². The number of hydrogen-bond acceptors (Lipinski definition) is 5. The van der Waals surface area contributed by atoms with Gasteiger partial charge in [-0.2, -0.15) is 0 Å². The van der Waals surface area contributed by atoms with Gasteiger partial charge in [-0.05, 0) is 12.8 Å². The van der Waals surface area contributed by atoms with E-state index in [-0.39, 0.29) is 25.9 Å². The summed E-state index contributed by atoms with van der Waals surface area (Å²) in [7, 11) is 0. The number of aliphatic hydroxyl groups excluding tert-OH is 2. The van der Waals surface area contributed by atoms with E-state index in [1.807, 2.05) is 0 Å². The van der Waals surface area contributed by atoms with E-state index in [9.17, 15) is 10.2 Å². The van der Waals surface area contributed by atoms with Crippen molar-refractivity contribution >= 4 is 0 Å². The van der Waals surface area contributed by atoms with Crippen LogP contribution in [-0.2, 0) is 14.2 Å². The Kier molecular flexibility index (Phi) is 25.9. The number of ether oxygens (including phenoxy) is 3. The summed E-state index contributed by atoms with van der Waals surface area (Å²) in [5, 5.41) is 19.4. The van der Waals surface area contributed by atoms with Crippen molar-refractivity contribution in [2.24, 2.45) is 0 Å². The average molecular weight is 447 g/mol. The summed E-state index contributed by atoms with van der Waals surface area (Å²) in [4.78, 5) is 0.